The molecule has 3 rings (SSSR count). The van der Waals surface area contributed by atoms with Gasteiger partial charge in [-0.15, -0.1) is 11.3 Å². The van der Waals surface area contributed by atoms with E-state index in [2.05, 4.69) is 15.5 Å². The van der Waals surface area contributed by atoms with Gasteiger partial charge in [0.1, 0.15) is 10.5 Å². The van der Waals surface area contributed by atoms with Crippen molar-refractivity contribution < 1.29 is 18.0 Å². The first-order valence-electron chi connectivity index (χ1n) is 6.46. The maximum absolute atomic E-state index is 12.8. The molecule has 1 unspecified atom stereocenters. The van der Waals surface area contributed by atoms with Crippen LogP contribution in [0.4, 0.5) is 18.9 Å². The van der Waals surface area contributed by atoms with Crippen LogP contribution in [-0.2, 0) is 0 Å². The minimum absolute atomic E-state index is 0.401. The Morgan fingerprint density at radius 3 is 2.77 bits per heavy atom. The Kier molecular flexibility index (Phi) is 3.20. The molecule has 0 bridgehead atoms. The normalized spacial score (nSPS) is 21.7. The summed E-state index contributed by atoms with van der Waals surface area (Å²) in [6.45, 7) is 1.37. The molecule has 118 valence electrons. The maximum Gasteiger partial charge on any atom is 0.393 e. The summed E-state index contributed by atoms with van der Waals surface area (Å²) in [7, 11) is 1.55. The van der Waals surface area contributed by atoms with Gasteiger partial charge < -0.3 is 10.2 Å². The molecule has 1 aliphatic heterocycles. The van der Waals surface area contributed by atoms with Crippen molar-refractivity contribution in [2.75, 3.05) is 11.9 Å². The van der Waals surface area contributed by atoms with E-state index in [1.165, 1.54) is 23.2 Å². The average Bonchev–Trinajstić information content (AvgIpc) is 3.02. The molecule has 2 aromatic heterocycles. The first-order valence-corrected chi connectivity index (χ1v) is 7.27. The summed E-state index contributed by atoms with van der Waals surface area (Å²) in [5.41, 5.74) is -0.216. The van der Waals surface area contributed by atoms with Crippen LogP contribution in [0.2, 0.25) is 0 Å². The Morgan fingerprint density at radius 1 is 1.45 bits per heavy atom. The molecule has 0 aromatic carbocycles. The minimum atomic E-state index is -4.38. The molecule has 0 fully saturated rings. The lowest BCUT2D eigenvalue weighted by Crippen LogP contribution is -2.62. The van der Waals surface area contributed by atoms with Crippen LogP contribution in [0.15, 0.2) is 18.5 Å². The van der Waals surface area contributed by atoms with Crippen LogP contribution in [0.5, 0.6) is 0 Å². The number of anilines is 1. The van der Waals surface area contributed by atoms with Crippen LogP contribution >= 0.6 is 11.3 Å². The number of thiophene rings is 1. The first-order chi connectivity index (χ1) is 10.2. The fourth-order valence-corrected chi connectivity index (χ4v) is 3.59. The topological polar surface area (TPSA) is 61.0 Å². The van der Waals surface area contributed by atoms with E-state index < -0.39 is 24.2 Å². The number of alkyl halides is 3. The van der Waals surface area contributed by atoms with Crippen molar-refractivity contribution in [3.63, 3.8) is 0 Å². The fourth-order valence-electron chi connectivity index (χ4n) is 2.53. The van der Waals surface area contributed by atoms with E-state index in [1.54, 1.807) is 25.5 Å². The zero-order chi connectivity index (χ0) is 16.1. The summed E-state index contributed by atoms with van der Waals surface area (Å²) in [4.78, 5) is 14.8. The zero-order valence-electron chi connectivity index (χ0n) is 11.8. The predicted octanol–water partition coefficient (Wildman–Crippen LogP) is 2.99. The Labute approximate surface area is 128 Å². The molecule has 1 atom stereocenters. The van der Waals surface area contributed by atoms with Crippen molar-refractivity contribution >= 4 is 22.9 Å². The summed E-state index contributed by atoms with van der Waals surface area (Å²) in [5.74, 6) is -0.486. The second-order valence-electron chi connectivity index (χ2n) is 5.39. The third-order valence-electron chi connectivity index (χ3n) is 3.73. The Balaban J connectivity index is 2.02. The number of aromatic amines is 1. The molecule has 1 amide bonds. The summed E-state index contributed by atoms with van der Waals surface area (Å²) in [6, 6.07) is 1.72. The van der Waals surface area contributed by atoms with Crippen LogP contribution in [0.3, 0.4) is 0 Å². The van der Waals surface area contributed by atoms with E-state index >= 15 is 0 Å². The number of carbonyl (C=O) groups excluding carboxylic acids is 1. The van der Waals surface area contributed by atoms with Gasteiger partial charge in [0.25, 0.3) is 5.91 Å². The van der Waals surface area contributed by atoms with E-state index in [0.29, 0.717) is 10.6 Å². The van der Waals surface area contributed by atoms with Gasteiger partial charge in [-0.2, -0.15) is 18.3 Å². The van der Waals surface area contributed by atoms with Gasteiger partial charge in [-0.05, 0) is 13.0 Å². The highest BCUT2D eigenvalue weighted by molar-refractivity contribution is 7.18. The second-order valence-corrected chi connectivity index (χ2v) is 6.44. The van der Waals surface area contributed by atoms with Crippen LogP contribution in [-0.4, -0.2) is 35.0 Å². The molecule has 3 heterocycles. The van der Waals surface area contributed by atoms with Crippen molar-refractivity contribution in [3.05, 3.63) is 23.3 Å². The Hall–Kier alpha value is -2.03. The SMILES string of the molecule is CN1c2cc(-c3cn[nH]c3)sc2C(=O)NC1(C)CC(F)(F)F. The number of nitrogens with one attached hydrogen (secondary N) is 2. The van der Waals surface area contributed by atoms with Crippen molar-refractivity contribution in [3.8, 4) is 10.4 Å². The molecule has 22 heavy (non-hydrogen) atoms. The average molecular weight is 330 g/mol. The monoisotopic (exact) mass is 330 g/mol. The van der Waals surface area contributed by atoms with Gasteiger partial charge in [-0.3, -0.25) is 9.89 Å². The Bertz CT molecular complexity index is 709. The minimum Gasteiger partial charge on any atom is -0.350 e. The molecule has 1 aliphatic rings. The molecule has 0 saturated carbocycles. The number of hydrogen-bond donors (Lipinski definition) is 2. The molecule has 9 heteroatoms. The zero-order valence-corrected chi connectivity index (χ0v) is 12.6. The van der Waals surface area contributed by atoms with Crippen molar-refractivity contribution in [2.45, 2.75) is 25.2 Å². The van der Waals surface area contributed by atoms with Gasteiger partial charge in [-0.25, -0.2) is 0 Å². The highest BCUT2D eigenvalue weighted by Crippen LogP contribution is 2.43. The molecule has 0 radical (unpaired) electrons. The first kappa shape index (κ1) is 14.9. The van der Waals surface area contributed by atoms with Gasteiger partial charge in [-0.1, -0.05) is 0 Å². The number of carbonyl (C=O) groups is 1. The number of hydrogen-bond acceptors (Lipinski definition) is 4. The Morgan fingerprint density at radius 2 is 2.18 bits per heavy atom. The van der Waals surface area contributed by atoms with Gasteiger partial charge in [0, 0.05) is 23.7 Å². The molecular weight excluding hydrogens is 317 g/mol. The maximum atomic E-state index is 12.8. The fraction of sp³-hybridized carbons (Fsp3) is 0.385. The quantitative estimate of drug-likeness (QED) is 0.890. The summed E-state index contributed by atoms with van der Waals surface area (Å²) in [6.07, 6.45) is -2.23. The molecule has 2 N–H and O–H groups in total. The van der Waals surface area contributed by atoms with Crippen LogP contribution in [0.1, 0.15) is 23.0 Å². The molecular formula is C13H13F3N4OS. The summed E-state index contributed by atoms with van der Waals surface area (Å²) < 4.78 is 38.4. The predicted molar refractivity (Wildman–Crippen MR) is 76.8 cm³/mol. The van der Waals surface area contributed by atoms with Crippen molar-refractivity contribution in [1.82, 2.24) is 15.5 Å². The van der Waals surface area contributed by atoms with Crippen molar-refractivity contribution in [1.29, 1.82) is 0 Å². The smallest absolute Gasteiger partial charge is 0.350 e. The number of fused-ring (bicyclic) bond motifs is 1. The number of H-pyrrole nitrogens is 1. The lowest BCUT2D eigenvalue weighted by atomic mass is 10.0. The van der Waals surface area contributed by atoms with E-state index in [0.717, 1.165) is 10.4 Å². The van der Waals surface area contributed by atoms with Crippen LogP contribution in [0, 0.1) is 0 Å². The lowest BCUT2D eigenvalue weighted by molar-refractivity contribution is -0.147. The van der Waals surface area contributed by atoms with Gasteiger partial charge in [0.2, 0.25) is 0 Å². The third-order valence-corrected chi connectivity index (χ3v) is 4.90. The number of amides is 1. The molecule has 0 aliphatic carbocycles. The van der Waals surface area contributed by atoms with Gasteiger partial charge >= 0.3 is 6.18 Å². The highest BCUT2D eigenvalue weighted by atomic mass is 32.1. The largest absolute Gasteiger partial charge is 0.393 e. The lowest BCUT2D eigenvalue weighted by Gasteiger charge is -2.44. The summed E-state index contributed by atoms with van der Waals surface area (Å²) in [5, 5.41) is 8.98. The van der Waals surface area contributed by atoms with Crippen LogP contribution in [0.25, 0.3) is 10.4 Å². The van der Waals surface area contributed by atoms with E-state index in [-0.39, 0.29) is 0 Å². The van der Waals surface area contributed by atoms with Crippen molar-refractivity contribution in [2.24, 2.45) is 0 Å². The van der Waals surface area contributed by atoms with Crippen LogP contribution < -0.4 is 10.2 Å². The third kappa shape index (κ3) is 2.45. The number of rotatable bonds is 2. The number of nitrogens with zero attached hydrogens (tertiary/aromatic N) is 2. The van der Waals surface area contributed by atoms with E-state index in [1.807, 2.05) is 0 Å². The molecule has 5 nitrogen and oxygen atoms in total. The standard InChI is InChI=1S/C13H13F3N4OS/c1-12(6-13(14,15)16)19-11(21)10-8(20(12)2)3-9(22-10)7-4-17-18-5-7/h3-5H,6H2,1-2H3,(H,17,18)(H,19,21). The van der Waals surface area contributed by atoms with E-state index in [4.69, 9.17) is 0 Å². The van der Waals surface area contributed by atoms with E-state index in [9.17, 15) is 18.0 Å². The molecule has 0 spiro atoms. The van der Waals surface area contributed by atoms with Gasteiger partial charge in [0.05, 0.1) is 18.3 Å². The summed E-state index contributed by atoms with van der Waals surface area (Å²) >= 11 is 1.23. The second kappa shape index (κ2) is 4.73. The number of aromatic nitrogens is 2. The van der Waals surface area contributed by atoms with Gasteiger partial charge in [0.15, 0.2) is 0 Å². The highest BCUT2D eigenvalue weighted by Gasteiger charge is 2.47. The molecule has 2 aromatic rings. The number of halogens is 3. The molecule has 0 saturated heterocycles.